The first-order valence-electron chi connectivity index (χ1n) is 10.2. The number of aromatic nitrogens is 6. The van der Waals surface area contributed by atoms with Crippen LogP contribution in [0.2, 0.25) is 0 Å². The predicted molar refractivity (Wildman–Crippen MR) is 123 cm³/mol. The molecule has 0 aliphatic carbocycles. The summed E-state index contributed by atoms with van der Waals surface area (Å²) in [7, 11) is 2.00. The third-order valence-electron chi connectivity index (χ3n) is 5.62. The standard InChI is InChI=1S/C23H22N8O/c1-13-17(14(2)31-23(25-13)28-22(24)29-31)12-20(32)26-16-10-8-15(9-11-16)21-27-18-6-4-5-7-19(18)30(21)3/h4-11H,12H2,1-3H3,(H2,24,29)(H,26,32). The smallest absolute Gasteiger partial charge is 0.254 e. The number of benzene rings is 2. The molecule has 3 N–H and O–H groups in total. The first-order valence-corrected chi connectivity index (χ1v) is 10.2. The van der Waals surface area contributed by atoms with Crippen molar-refractivity contribution in [3.05, 3.63) is 65.5 Å². The van der Waals surface area contributed by atoms with Gasteiger partial charge in [-0.25, -0.2) is 9.97 Å². The lowest BCUT2D eigenvalue weighted by atomic mass is 10.1. The number of nitrogen functional groups attached to an aromatic ring is 1. The number of fused-ring (bicyclic) bond motifs is 2. The van der Waals surface area contributed by atoms with E-state index in [9.17, 15) is 4.79 Å². The van der Waals surface area contributed by atoms with Gasteiger partial charge in [-0.3, -0.25) is 4.79 Å². The molecule has 0 spiro atoms. The van der Waals surface area contributed by atoms with Crippen molar-refractivity contribution in [1.82, 2.24) is 29.1 Å². The number of nitrogens with two attached hydrogens (primary N) is 1. The van der Waals surface area contributed by atoms with Crippen LogP contribution in [0.25, 0.3) is 28.2 Å². The number of nitrogens with one attached hydrogen (secondary N) is 1. The van der Waals surface area contributed by atoms with Gasteiger partial charge in [-0.15, -0.1) is 5.10 Å². The first-order chi connectivity index (χ1) is 15.4. The third-order valence-corrected chi connectivity index (χ3v) is 5.62. The average molecular weight is 426 g/mol. The Morgan fingerprint density at radius 3 is 2.53 bits per heavy atom. The van der Waals surface area contributed by atoms with Crippen LogP contribution in [-0.4, -0.2) is 35.0 Å². The molecule has 9 heteroatoms. The summed E-state index contributed by atoms with van der Waals surface area (Å²) in [6, 6.07) is 15.7. The van der Waals surface area contributed by atoms with Crippen molar-refractivity contribution >= 4 is 34.4 Å². The fraction of sp³-hybridized carbons (Fsp3) is 0.174. The molecule has 0 radical (unpaired) electrons. The number of anilines is 2. The summed E-state index contributed by atoms with van der Waals surface area (Å²) < 4.78 is 3.63. The number of amides is 1. The maximum Gasteiger partial charge on any atom is 0.254 e. The quantitative estimate of drug-likeness (QED) is 0.456. The number of rotatable bonds is 4. The lowest BCUT2D eigenvalue weighted by Gasteiger charge is -2.11. The molecule has 5 rings (SSSR count). The van der Waals surface area contributed by atoms with Crippen LogP contribution in [0.15, 0.2) is 48.5 Å². The summed E-state index contributed by atoms with van der Waals surface area (Å²) in [5.41, 5.74) is 11.7. The number of carbonyl (C=O) groups is 1. The largest absolute Gasteiger partial charge is 0.366 e. The molecule has 3 heterocycles. The molecule has 0 bridgehead atoms. The Morgan fingerprint density at radius 1 is 1.03 bits per heavy atom. The fourth-order valence-electron chi connectivity index (χ4n) is 3.95. The van der Waals surface area contributed by atoms with E-state index in [1.165, 1.54) is 0 Å². The molecule has 0 saturated carbocycles. The second-order valence-electron chi connectivity index (χ2n) is 7.73. The predicted octanol–water partition coefficient (Wildman–Crippen LogP) is 3.06. The molecule has 3 aromatic heterocycles. The minimum atomic E-state index is -0.138. The van der Waals surface area contributed by atoms with E-state index in [0.29, 0.717) is 11.5 Å². The zero-order valence-corrected chi connectivity index (χ0v) is 18.0. The van der Waals surface area contributed by atoms with E-state index in [2.05, 4.69) is 25.0 Å². The van der Waals surface area contributed by atoms with Crippen molar-refractivity contribution in [2.75, 3.05) is 11.1 Å². The molecule has 9 nitrogen and oxygen atoms in total. The monoisotopic (exact) mass is 426 g/mol. The van der Waals surface area contributed by atoms with Crippen LogP contribution in [-0.2, 0) is 18.3 Å². The lowest BCUT2D eigenvalue weighted by Crippen LogP contribution is -2.17. The average Bonchev–Trinajstić information content (AvgIpc) is 3.31. The van der Waals surface area contributed by atoms with Gasteiger partial charge in [-0.1, -0.05) is 12.1 Å². The molecule has 5 aromatic rings. The van der Waals surface area contributed by atoms with Crippen LogP contribution in [0.5, 0.6) is 0 Å². The highest BCUT2D eigenvalue weighted by molar-refractivity contribution is 5.93. The third kappa shape index (κ3) is 3.33. The summed E-state index contributed by atoms with van der Waals surface area (Å²) in [5.74, 6) is 1.32. The second-order valence-corrected chi connectivity index (χ2v) is 7.73. The van der Waals surface area contributed by atoms with Crippen molar-refractivity contribution in [3.8, 4) is 11.4 Å². The summed E-state index contributed by atoms with van der Waals surface area (Å²) in [6.07, 6.45) is 0.173. The Balaban J connectivity index is 1.35. The van der Waals surface area contributed by atoms with Crippen molar-refractivity contribution in [3.63, 3.8) is 0 Å². The molecule has 0 fully saturated rings. The Bertz CT molecular complexity index is 1480. The van der Waals surface area contributed by atoms with E-state index >= 15 is 0 Å². The van der Waals surface area contributed by atoms with E-state index in [4.69, 9.17) is 10.7 Å². The van der Waals surface area contributed by atoms with Crippen LogP contribution in [0, 0.1) is 13.8 Å². The van der Waals surface area contributed by atoms with E-state index in [0.717, 1.165) is 39.4 Å². The van der Waals surface area contributed by atoms with Gasteiger partial charge in [-0.2, -0.15) is 9.50 Å². The topological polar surface area (TPSA) is 116 Å². The van der Waals surface area contributed by atoms with Crippen LogP contribution in [0.1, 0.15) is 17.0 Å². The van der Waals surface area contributed by atoms with Gasteiger partial charge in [0.2, 0.25) is 11.9 Å². The van der Waals surface area contributed by atoms with Crippen LogP contribution >= 0.6 is 0 Å². The van der Waals surface area contributed by atoms with Crippen molar-refractivity contribution in [2.24, 2.45) is 7.05 Å². The highest BCUT2D eigenvalue weighted by atomic mass is 16.1. The number of imidazole rings is 1. The van der Waals surface area contributed by atoms with Gasteiger partial charge in [0.1, 0.15) is 5.82 Å². The highest BCUT2D eigenvalue weighted by Crippen LogP contribution is 2.25. The molecule has 0 aliphatic rings. The highest BCUT2D eigenvalue weighted by Gasteiger charge is 2.16. The van der Waals surface area contributed by atoms with Crippen molar-refractivity contribution in [1.29, 1.82) is 0 Å². The Kier molecular flexibility index (Phi) is 4.58. The Labute approximate surface area is 183 Å². The van der Waals surface area contributed by atoms with E-state index in [-0.39, 0.29) is 18.3 Å². The number of carbonyl (C=O) groups excluding carboxylic acids is 1. The molecule has 1 amide bonds. The van der Waals surface area contributed by atoms with Gasteiger partial charge in [0, 0.05) is 35.2 Å². The zero-order valence-electron chi connectivity index (χ0n) is 18.0. The molecular formula is C23H22N8O. The minimum absolute atomic E-state index is 0.138. The van der Waals surface area contributed by atoms with E-state index < -0.39 is 0 Å². The molecular weight excluding hydrogens is 404 g/mol. The number of hydrogen-bond donors (Lipinski definition) is 2. The molecule has 0 saturated heterocycles. The van der Waals surface area contributed by atoms with Crippen LogP contribution in [0.4, 0.5) is 11.6 Å². The Hall–Kier alpha value is -4.27. The first kappa shape index (κ1) is 19.7. The van der Waals surface area contributed by atoms with E-state index in [1.807, 2.05) is 69.4 Å². The van der Waals surface area contributed by atoms with Gasteiger partial charge in [0.25, 0.3) is 5.78 Å². The maximum absolute atomic E-state index is 12.7. The van der Waals surface area contributed by atoms with Crippen molar-refractivity contribution < 1.29 is 4.79 Å². The van der Waals surface area contributed by atoms with Gasteiger partial charge in [0.15, 0.2) is 0 Å². The fourth-order valence-corrected chi connectivity index (χ4v) is 3.95. The zero-order chi connectivity index (χ0) is 22.4. The second kappa shape index (κ2) is 7.45. The van der Waals surface area contributed by atoms with Gasteiger partial charge in [-0.05, 0) is 50.2 Å². The van der Waals surface area contributed by atoms with Crippen LogP contribution < -0.4 is 11.1 Å². The number of hydrogen-bond acceptors (Lipinski definition) is 6. The van der Waals surface area contributed by atoms with Gasteiger partial charge >= 0.3 is 0 Å². The molecule has 160 valence electrons. The number of para-hydroxylation sites is 2. The summed E-state index contributed by atoms with van der Waals surface area (Å²) >= 11 is 0. The molecule has 2 aromatic carbocycles. The van der Waals surface area contributed by atoms with Crippen molar-refractivity contribution in [2.45, 2.75) is 20.3 Å². The van der Waals surface area contributed by atoms with E-state index in [1.54, 1.807) is 4.52 Å². The minimum Gasteiger partial charge on any atom is -0.366 e. The molecule has 0 atom stereocenters. The van der Waals surface area contributed by atoms with Gasteiger partial charge < -0.3 is 15.6 Å². The molecule has 0 unspecified atom stereocenters. The maximum atomic E-state index is 12.7. The summed E-state index contributed by atoms with van der Waals surface area (Å²) in [4.78, 5) is 25.9. The lowest BCUT2D eigenvalue weighted by molar-refractivity contribution is -0.115. The van der Waals surface area contributed by atoms with Gasteiger partial charge in [0.05, 0.1) is 17.5 Å². The number of nitrogens with zero attached hydrogens (tertiary/aromatic N) is 6. The SMILES string of the molecule is Cc1nc2nc(N)nn2c(C)c1CC(=O)Nc1ccc(-c2nc3ccccc3n2C)cc1. The van der Waals surface area contributed by atoms with Crippen LogP contribution in [0.3, 0.4) is 0 Å². The molecule has 0 aliphatic heterocycles. The summed E-state index contributed by atoms with van der Waals surface area (Å²) in [6.45, 7) is 3.73. The number of aryl methyl sites for hydroxylation is 3. The molecule has 32 heavy (non-hydrogen) atoms. The summed E-state index contributed by atoms with van der Waals surface area (Å²) in [5, 5.41) is 7.10. The normalized spacial score (nSPS) is 11.3. The Morgan fingerprint density at radius 2 is 1.78 bits per heavy atom.